The van der Waals surface area contributed by atoms with Gasteiger partial charge in [0, 0.05) is 37.9 Å². The fourth-order valence-corrected chi connectivity index (χ4v) is 5.19. The van der Waals surface area contributed by atoms with Gasteiger partial charge < -0.3 is 14.8 Å². The zero-order chi connectivity index (χ0) is 20.7. The number of rotatable bonds is 4. The second kappa shape index (κ2) is 7.31. The minimum atomic E-state index is -0.724. The number of urea groups is 1. The minimum Gasteiger partial charge on any atom is -0.348 e. The van der Waals surface area contributed by atoms with Gasteiger partial charge in [0.2, 0.25) is 5.91 Å². The standard InChI is InChI=1S/C23H26N4O3/c28-19(10-14-27-21(29)23(24-22(27)30)11-4-5-12-23)26-16-15-25-13-6-9-18(25)20(26)17-7-2-1-3-8-17/h1-3,6-9,13,20H,4-5,10-12,14-16H2,(H,24,30). The first-order valence-electron chi connectivity index (χ1n) is 10.7. The van der Waals surface area contributed by atoms with Crippen LogP contribution in [-0.2, 0) is 16.1 Å². The van der Waals surface area contributed by atoms with Crippen molar-refractivity contribution in [3.05, 3.63) is 59.9 Å². The Morgan fingerprint density at radius 1 is 1.03 bits per heavy atom. The maximum absolute atomic E-state index is 13.2. The van der Waals surface area contributed by atoms with Gasteiger partial charge in [-0.25, -0.2) is 4.79 Å². The summed E-state index contributed by atoms with van der Waals surface area (Å²) in [5.41, 5.74) is 1.42. The fourth-order valence-electron chi connectivity index (χ4n) is 5.19. The van der Waals surface area contributed by atoms with Gasteiger partial charge in [-0.1, -0.05) is 43.2 Å². The third-order valence-corrected chi connectivity index (χ3v) is 6.73. The van der Waals surface area contributed by atoms with Crippen molar-refractivity contribution in [2.75, 3.05) is 13.1 Å². The van der Waals surface area contributed by atoms with Crippen molar-refractivity contribution in [2.24, 2.45) is 0 Å². The van der Waals surface area contributed by atoms with E-state index in [9.17, 15) is 14.4 Å². The molecule has 156 valence electrons. The first kappa shape index (κ1) is 18.9. The van der Waals surface area contributed by atoms with E-state index in [0.29, 0.717) is 19.4 Å². The van der Waals surface area contributed by atoms with Crippen LogP contribution in [0.4, 0.5) is 4.79 Å². The van der Waals surface area contributed by atoms with Gasteiger partial charge >= 0.3 is 6.03 Å². The number of imide groups is 1. The van der Waals surface area contributed by atoms with Gasteiger partial charge in [0.25, 0.3) is 5.91 Å². The maximum Gasteiger partial charge on any atom is 0.325 e. The number of benzene rings is 1. The number of nitrogens with zero attached hydrogens (tertiary/aromatic N) is 3. The Bertz CT molecular complexity index is 977. The molecule has 7 nitrogen and oxygen atoms in total. The average Bonchev–Trinajstić information content (AvgIpc) is 3.47. The molecule has 5 rings (SSSR count). The van der Waals surface area contributed by atoms with E-state index in [1.54, 1.807) is 0 Å². The van der Waals surface area contributed by atoms with E-state index in [-0.39, 0.29) is 36.9 Å². The number of carbonyl (C=O) groups excluding carboxylic acids is 3. The zero-order valence-electron chi connectivity index (χ0n) is 16.9. The van der Waals surface area contributed by atoms with Crippen molar-refractivity contribution < 1.29 is 14.4 Å². The minimum absolute atomic E-state index is 0.0377. The Balaban J connectivity index is 1.33. The third-order valence-electron chi connectivity index (χ3n) is 6.73. The summed E-state index contributed by atoms with van der Waals surface area (Å²) in [7, 11) is 0. The molecule has 0 bridgehead atoms. The SMILES string of the molecule is O=C1NC2(CCCC2)C(=O)N1CCC(=O)N1CCn2cccc2C1c1ccccc1. The molecule has 4 amide bonds. The van der Waals surface area contributed by atoms with Gasteiger partial charge in [0.1, 0.15) is 5.54 Å². The smallest absolute Gasteiger partial charge is 0.325 e. The van der Waals surface area contributed by atoms with Gasteiger partial charge in [-0.05, 0) is 30.5 Å². The second-order valence-corrected chi connectivity index (χ2v) is 8.45. The molecule has 1 aliphatic carbocycles. The lowest BCUT2D eigenvalue weighted by Gasteiger charge is -2.37. The summed E-state index contributed by atoms with van der Waals surface area (Å²) >= 11 is 0. The van der Waals surface area contributed by atoms with Gasteiger partial charge in [0.05, 0.1) is 6.04 Å². The summed E-state index contributed by atoms with van der Waals surface area (Å²) in [4.78, 5) is 41.6. The molecule has 1 aromatic carbocycles. The number of nitrogens with one attached hydrogen (secondary N) is 1. The summed E-state index contributed by atoms with van der Waals surface area (Å²) in [5.74, 6) is -0.200. The zero-order valence-corrected chi connectivity index (χ0v) is 16.9. The van der Waals surface area contributed by atoms with Crippen molar-refractivity contribution in [1.29, 1.82) is 0 Å². The van der Waals surface area contributed by atoms with Crippen molar-refractivity contribution in [3.63, 3.8) is 0 Å². The van der Waals surface area contributed by atoms with Crippen LogP contribution in [-0.4, -0.2) is 50.8 Å². The van der Waals surface area contributed by atoms with Crippen LogP contribution in [0.25, 0.3) is 0 Å². The Hall–Kier alpha value is -3.09. The van der Waals surface area contributed by atoms with Gasteiger partial charge in [-0.15, -0.1) is 0 Å². The van der Waals surface area contributed by atoms with Crippen molar-refractivity contribution >= 4 is 17.8 Å². The van der Waals surface area contributed by atoms with Gasteiger partial charge in [-0.2, -0.15) is 0 Å². The molecule has 1 N–H and O–H groups in total. The van der Waals surface area contributed by atoms with E-state index in [4.69, 9.17) is 0 Å². The molecule has 1 saturated carbocycles. The Morgan fingerprint density at radius 2 is 1.80 bits per heavy atom. The summed E-state index contributed by atoms with van der Waals surface area (Å²) in [5, 5.41) is 2.89. The molecule has 3 aliphatic rings. The first-order valence-corrected chi connectivity index (χ1v) is 10.7. The summed E-state index contributed by atoms with van der Waals surface area (Å²) in [6, 6.07) is 13.5. The van der Waals surface area contributed by atoms with E-state index in [0.717, 1.165) is 30.6 Å². The lowest BCUT2D eigenvalue weighted by atomic mass is 9.98. The summed E-state index contributed by atoms with van der Waals surface area (Å²) in [6.07, 6.45) is 5.47. The Kier molecular flexibility index (Phi) is 4.60. The predicted molar refractivity (Wildman–Crippen MR) is 110 cm³/mol. The van der Waals surface area contributed by atoms with E-state index in [1.807, 2.05) is 47.5 Å². The van der Waals surface area contributed by atoms with Crippen LogP contribution in [0, 0.1) is 0 Å². The van der Waals surface area contributed by atoms with Crippen molar-refractivity contribution in [2.45, 2.75) is 50.2 Å². The number of carbonyl (C=O) groups is 3. The molecule has 1 saturated heterocycles. The van der Waals surface area contributed by atoms with Crippen LogP contribution in [0.15, 0.2) is 48.7 Å². The highest BCUT2D eigenvalue weighted by Gasteiger charge is 2.52. The molecule has 1 atom stereocenters. The lowest BCUT2D eigenvalue weighted by molar-refractivity contribution is -0.135. The number of amides is 4. The largest absolute Gasteiger partial charge is 0.348 e. The van der Waals surface area contributed by atoms with Crippen LogP contribution in [0.2, 0.25) is 0 Å². The normalized spacial score (nSPS) is 22.5. The summed E-state index contributed by atoms with van der Waals surface area (Å²) in [6.45, 7) is 1.47. The molecule has 7 heteroatoms. The topological polar surface area (TPSA) is 74.7 Å². The number of hydrogen-bond acceptors (Lipinski definition) is 3. The predicted octanol–water partition coefficient (Wildman–Crippen LogP) is 2.67. The number of hydrogen-bond donors (Lipinski definition) is 1. The molecule has 3 heterocycles. The molecule has 1 spiro atoms. The quantitative estimate of drug-likeness (QED) is 0.794. The average molecular weight is 406 g/mol. The summed E-state index contributed by atoms with van der Waals surface area (Å²) < 4.78 is 2.18. The van der Waals surface area contributed by atoms with Crippen LogP contribution in [0.3, 0.4) is 0 Å². The van der Waals surface area contributed by atoms with Crippen LogP contribution in [0.5, 0.6) is 0 Å². The van der Waals surface area contributed by atoms with Gasteiger partial charge in [-0.3, -0.25) is 14.5 Å². The van der Waals surface area contributed by atoms with Crippen LogP contribution < -0.4 is 5.32 Å². The molecule has 1 aromatic heterocycles. The number of aromatic nitrogens is 1. The second-order valence-electron chi connectivity index (χ2n) is 8.45. The molecule has 2 aromatic rings. The fraction of sp³-hybridized carbons (Fsp3) is 0.435. The highest BCUT2D eigenvalue weighted by molar-refractivity contribution is 6.07. The van der Waals surface area contributed by atoms with E-state index < -0.39 is 5.54 Å². The first-order chi connectivity index (χ1) is 14.6. The maximum atomic E-state index is 13.2. The van der Waals surface area contributed by atoms with Crippen molar-refractivity contribution in [3.8, 4) is 0 Å². The van der Waals surface area contributed by atoms with Gasteiger partial charge in [0.15, 0.2) is 0 Å². The van der Waals surface area contributed by atoms with E-state index in [2.05, 4.69) is 16.0 Å². The molecule has 2 fully saturated rings. The molecular weight excluding hydrogens is 380 g/mol. The third kappa shape index (κ3) is 3.00. The van der Waals surface area contributed by atoms with E-state index in [1.165, 1.54) is 4.90 Å². The van der Waals surface area contributed by atoms with Crippen LogP contribution in [0.1, 0.15) is 49.4 Å². The molecular formula is C23H26N4O3. The Labute approximate surface area is 175 Å². The van der Waals surface area contributed by atoms with E-state index >= 15 is 0 Å². The Morgan fingerprint density at radius 3 is 2.57 bits per heavy atom. The molecule has 30 heavy (non-hydrogen) atoms. The molecule has 2 aliphatic heterocycles. The highest BCUT2D eigenvalue weighted by atomic mass is 16.2. The monoisotopic (exact) mass is 406 g/mol. The number of fused-ring (bicyclic) bond motifs is 1. The lowest BCUT2D eigenvalue weighted by Crippen LogP contribution is -2.45. The highest BCUT2D eigenvalue weighted by Crippen LogP contribution is 2.36. The molecule has 0 radical (unpaired) electrons. The molecule has 1 unspecified atom stereocenters. The van der Waals surface area contributed by atoms with Crippen LogP contribution >= 0.6 is 0 Å². The van der Waals surface area contributed by atoms with Crippen molar-refractivity contribution in [1.82, 2.24) is 19.7 Å².